The van der Waals surface area contributed by atoms with E-state index in [2.05, 4.69) is 5.32 Å². The maximum Gasteiger partial charge on any atom is 0.193 e. The maximum atomic E-state index is 12.6. The molecule has 4 rings (SSSR count). The first-order valence-electron chi connectivity index (χ1n) is 8.17. The van der Waals surface area contributed by atoms with E-state index in [9.17, 15) is 4.79 Å². The quantitative estimate of drug-likeness (QED) is 0.539. The molecule has 0 saturated carbocycles. The fourth-order valence-corrected chi connectivity index (χ4v) is 2.85. The standard InChI is InChI=1S/C22H17NO2/c1-15-7-5-6-10-19(15)23-17-11-12-21-18(13-17)20(24)14-22(25-21)16-8-3-2-4-9-16/h2-14,23H,1H3. The van der Waals surface area contributed by atoms with E-state index in [1.54, 1.807) is 6.07 Å². The van der Waals surface area contributed by atoms with Crippen molar-refractivity contribution in [2.75, 3.05) is 5.32 Å². The third kappa shape index (κ3) is 3.04. The van der Waals surface area contributed by atoms with Crippen LogP contribution in [0.15, 0.2) is 88.1 Å². The molecule has 3 heteroatoms. The summed E-state index contributed by atoms with van der Waals surface area (Å²) in [5.41, 5.74) is 4.46. The van der Waals surface area contributed by atoms with Gasteiger partial charge in [0.15, 0.2) is 5.43 Å². The lowest BCUT2D eigenvalue weighted by Crippen LogP contribution is -2.01. The topological polar surface area (TPSA) is 42.2 Å². The lowest BCUT2D eigenvalue weighted by molar-refractivity contribution is 0.619. The minimum Gasteiger partial charge on any atom is -0.456 e. The Morgan fingerprint density at radius 3 is 2.40 bits per heavy atom. The number of para-hydroxylation sites is 1. The molecule has 4 aromatic rings. The van der Waals surface area contributed by atoms with Gasteiger partial charge in [0.2, 0.25) is 0 Å². The molecule has 0 spiro atoms. The van der Waals surface area contributed by atoms with Gasteiger partial charge in [-0.15, -0.1) is 0 Å². The maximum absolute atomic E-state index is 12.6. The van der Waals surface area contributed by atoms with Crippen molar-refractivity contribution in [2.24, 2.45) is 0 Å². The van der Waals surface area contributed by atoms with Crippen molar-refractivity contribution < 1.29 is 4.42 Å². The molecule has 0 unspecified atom stereocenters. The van der Waals surface area contributed by atoms with E-state index in [-0.39, 0.29) is 5.43 Å². The lowest BCUT2D eigenvalue weighted by Gasteiger charge is -2.10. The minimum atomic E-state index is -0.0477. The first kappa shape index (κ1) is 15.2. The predicted octanol–water partition coefficient (Wildman–Crippen LogP) is 5.51. The van der Waals surface area contributed by atoms with Gasteiger partial charge in [0.05, 0.1) is 5.39 Å². The van der Waals surface area contributed by atoms with Gasteiger partial charge < -0.3 is 9.73 Å². The van der Waals surface area contributed by atoms with Gasteiger partial charge in [0.1, 0.15) is 11.3 Å². The third-order valence-electron chi connectivity index (χ3n) is 4.21. The average Bonchev–Trinajstić information content (AvgIpc) is 2.65. The van der Waals surface area contributed by atoms with Gasteiger partial charge >= 0.3 is 0 Å². The molecule has 0 atom stereocenters. The van der Waals surface area contributed by atoms with Crippen LogP contribution in [0.1, 0.15) is 5.56 Å². The fourth-order valence-electron chi connectivity index (χ4n) is 2.85. The van der Waals surface area contributed by atoms with Crippen LogP contribution in [0.4, 0.5) is 11.4 Å². The Morgan fingerprint density at radius 1 is 0.840 bits per heavy atom. The highest BCUT2D eigenvalue weighted by molar-refractivity contribution is 5.83. The first-order chi connectivity index (χ1) is 12.2. The molecule has 1 N–H and O–H groups in total. The van der Waals surface area contributed by atoms with Crippen LogP contribution in [0.25, 0.3) is 22.3 Å². The second kappa shape index (κ2) is 6.29. The summed E-state index contributed by atoms with van der Waals surface area (Å²) < 4.78 is 5.93. The molecule has 1 heterocycles. The summed E-state index contributed by atoms with van der Waals surface area (Å²) in [6.07, 6.45) is 0. The monoisotopic (exact) mass is 327 g/mol. The van der Waals surface area contributed by atoms with Crippen LogP contribution in [0.5, 0.6) is 0 Å². The fraction of sp³-hybridized carbons (Fsp3) is 0.0455. The summed E-state index contributed by atoms with van der Waals surface area (Å²) in [6, 6.07) is 24.8. The van der Waals surface area contributed by atoms with Gasteiger partial charge in [-0.3, -0.25) is 4.79 Å². The summed E-state index contributed by atoms with van der Waals surface area (Å²) in [6.45, 7) is 2.05. The molecular weight excluding hydrogens is 310 g/mol. The van der Waals surface area contributed by atoms with E-state index in [1.165, 1.54) is 0 Å². The van der Waals surface area contributed by atoms with Crippen molar-refractivity contribution in [3.8, 4) is 11.3 Å². The molecular formula is C22H17NO2. The van der Waals surface area contributed by atoms with Crippen LogP contribution in [-0.2, 0) is 0 Å². The molecule has 0 amide bonds. The molecule has 3 nitrogen and oxygen atoms in total. The van der Waals surface area contributed by atoms with Crippen LogP contribution in [-0.4, -0.2) is 0 Å². The largest absolute Gasteiger partial charge is 0.456 e. The molecule has 0 radical (unpaired) electrons. The number of rotatable bonds is 3. The Morgan fingerprint density at radius 2 is 1.60 bits per heavy atom. The zero-order chi connectivity index (χ0) is 17.2. The number of hydrogen-bond donors (Lipinski definition) is 1. The number of benzene rings is 3. The summed E-state index contributed by atoms with van der Waals surface area (Å²) in [4.78, 5) is 12.6. The Balaban J connectivity index is 1.76. The Bertz CT molecular complexity index is 1100. The smallest absolute Gasteiger partial charge is 0.193 e. The van der Waals surface area contributed by atoms with Gasteiger partial charge in [0, 0.05) is 23.0 Å². The molecule has 3 aromatic carbocycles. The number of fused-ring (bicyclic) bond motifs is 1. The molecule has 0 bridgehead atoms. The summed E-state index contributed by atoms with van der Waals surface area (Å²) >= 11 is 0. The van der Waals surface area contributed by atoms with Gasteiger partial charge in [0.25, 0.3) is 0 Å². The second-order valence-corrected chi connectivity index (χ2v) is 5.99. The zero-order valence-corrected chi connectivity index (χ0v) is 13.8. The van der Waals surface area contributed by atoms with Gasteiger partial charge in [-0.2, -0.15) is 0 Å². The highest BCUT2D eigenvalue weighted by Gasteiger charge is 2.08. The van der Waals surface area contributed by atoms with E-state index in [0.717, 1.165) is 22.5 Å². The van der Waals surface area contributed by atoms with Crippen molar-refractivity contribution in [3.05, 3.63) is 94.6 Å². The highest BCUT2D eigenvalue weighted by Crippen LogP contribution is 2.26. The van der Waals surface area contributed by atoms with Crippen LogP contribution in [0, 0.1) is 6.92 Å². The number of aryl methyl sites for hydroxylation is 1. The lowest BCUT2D eigenvalue weighted by atomic mass is 10.1. The minimum absolute atomic E-state index is 0.0477. The van der Waals surface area contributed by atoms with Crippen molar-refractivity contribution >= 4 is 22.3 Å². The number of anilines is 2. The molecule has 0 aliphatic heterocycles. The Hall–Kier alpha value is -3.33. The van der Waals surface area contributed by atoms with Gasteiger partial charge in [-0.1, -0.05) is 48.5 Å². The van der Waals surface area contributed by atoms with E-state index in [4.69, 9.17) is 4.42 Å². The molecule has 1 aromatic heterocycles. The summed E-state index contributed by atoms with van der Waals surface area (Å²) in [7, 11) is 0. The van der Waals surface area contributed by atoms with Crippen molar-refractivity contribution in [3.63, 3.8) is 0 Å². The molecule has 122 valence electrons. The predicted molar refractivity (Wildman–Crippen MR) is 102 cm³/mol. The average molecular weight is 327 g/mol. The van der Waals surface area contributed by atoms with E-state index < -0.39 is 0 Å². The SMILES string of the molecule is Cc1ccccc1Nc1ccc2oc(-c3ccccc3)cc(=O)c2c1. The van der Waals surface area contributed by atoms with Crippen LogP contribution in [0.3, 0.4) is 0 Å². The zero-order valence-electron chi connectivity index (χ0n) is 13.8. The molecule has 0 saturated heterocycles. The highest BCUT2D eigenvalue weighted by atomic mass is 16.3. The number of hydrogen-bond acceptors (Lipinski definition) is 3. The molecule has 0 aliphatic carbocycles. The van der Waals surface area contributed by atoms with Crippen molar-refractivity contribution in [2.45, 2.75) is 6.92 Å². The third-order valence-corrected chi connectivity index (χ3v) is 4.21. The van der Waals surface area contributed by atoms with Crippen LogP contribution < -0.4 is 10.7 Å². The normalized spacial score (nSPS) is 10.8. The Labute approximate surface area is 145 Å². The second-order valence-electron chi connectivity index (χ2n) is 5.99. The van der Waals surface area contributed by atoms with E-state index >= 15 is 0 Å². The van der Waals surface area contributed by atoms with E-state index in [0.29, 0.717) is 16.7 Å². The molecule has 25 heavy (non-hydrogen) atoms. The van der Waals surface area contributed by atoms with Crippen molar-refractivity contribution in [1.29, 1.82) is 0 Å². The van der Waals surface area contributed by atoms with Crippen LogP contribution in [0.2, 0.25) is 0 Å². The summed E-state index contributed by atoms with van der Waals surface area (Å²) in [5, 5.41) is 3.93. The first-order valence-corrected chi connectivity index (χ1v) is 8.17. The van der Waals surface area contributed by atoms with E-state index in [1.807, 2.05) is 79.7 Å². The molecule has 0 aliphatic rings. The summed E-state index contributed by atoms with van der Waals surface area (Å²) in [5.74, 6) is 0.581. The van der Waals surface area contributed by atoms with Gasteiger partial charge in [-0.05, 0) is 36.8 Å². The number of nitrogens with one attached hydrogen (secondary N) is 1. The van der Waals surface area contributed by atoms with Gasteiger partial charge in [-0.25, -0.2) is 0 Å². The molecule has 0 fully saturated rings. The van der Waals surface area contributed by atoms with Crippen molar-refractivity contribution in [1.82, 2.24) is 0 Å². The Kier molecular flexibility index (Phi) is 3.82. The van der Waals surface area contributed by atoms with Crippen LogP contribution >= 0.6 is 0 Å².